The van der Waals surface area contributed by atoms with E-state index in [0.717, 1.165) is 23.1 Å². The minimum Gasteiger partial charge on any atom is -0.490 e. The topological polar surface area (TPSA) is 81.9 Å². The maximum atomic E-state index is 12.3. The Kier molecular flexibility index (Phi) is 6.50. The molecule has 0 saturated carbocycles. The maximum absolute atomic E-state index is 12.3. The van der Waals surface area contributed by atoms with E-state index in [1.54, 1.807) is 13.1 Å². The zero-order chi connectivity index (χ0) is 21.0. The van der Waals surface area contributed by atoms with Crippen LogP contribution in [0.3, 0.4) is 0 Å². The molecule has 29 heavy (non-hydrogen) atoms. The van der Waals surface area contributed by atoms with Crippen LogP contribution in [-0.4, -0.2) is 40.3 Å². The van der Waals surface area contributed by atoms with Crippen LogP contribution in [0.1, 0.15) is 11.1 Å². The molecule has 9 heteroatoms. The van der Waals surface area contributed by atoms with Crippen molar-refractivity contribution >= 4 is 46.0 Å². The van der Waals surface area contributed by atoms with Crippen molar-refractivity contribution < 1.29 is 19.2 Å². The number of thiocarbonyl (C=S) groups is 1. The minimum absolute atomic E-state index is 0.0910. The summed E-state index contributed by atoms with van der Waals surface area (Å²) in [5, 5.41) is 11.1. The van der Waals surface area contributed by atoms with Gasteiger partial charge in [-0.1, -0.05) is 42.2 Å². The number of nitro groups is 1. The first-order chi connectivity index (χ1) is 13.9. The van der Waals surface area contributed by atoms with Crippen LogP contribution >= 0.6 is 24.0 Å². The van der Waals surface area contributed by atoms with Gasteiger partial charge in [0.1, 0.15) is 29.0 Å². The average Bonchev–Trinajstić information content (AvgIpc) is 2.94. The molecule has 0 atom stereocenters. The van der Waals surface area contributed by atoms with E-state index in [-0.39, 0.29) is 18.2 Å². The molecular weight excluding hydrogens is 412 g/mol. The lowest BCUT2D eigenvalue weighted by atomic mass is 10.1. The van der Waals surface area contributed by atoms with Gasteiger partial charge in [-0.25, -0.2) is 0 Å². The average molecular weight is 431 g/mol. The summed E-state index contributed by atoms with van der Waals surface area (Å²) < 4.78 is 11.9. The Morgan fingerprint density at radius 3 is 2.48 bits per heavy atom. The second-order valence-electron chi connectivity index (χ2n) is 6.18. The van der Waals surface area contributed by atoms with E-state index in [4.69, 9.17) is 21.7 Å². The Labute approximate surface area is 177 Å². The van der Waals surface area contributed by atoms with Crippen molar-refractivity contribution in [1.29, 1.82) is 0 Å². The van der Waals surface area contributed by atoms with E-state index >= 15 is 0 Å². The molecule has 0 unspecified atom stereocenters. The molecular formula is C20H18N2O5S2. The highest BCUT2D eigenvalue weighted by Crippen LogP contribution is 2.34. The summed E-state index contributed by atoms with van der Waals surface area (Å²) in [5.41, 5.74) is 1.36. The van der Waals surface area contributed by atoms with E-state index in [2.05, 4.69) is 0 Å². The number of carbonyl (C=O) groups is 1. The van der Waals surface area contributed by atoms with Gasteiger partial charge in [0.2, 0.25) is 0 Å². The molecule has 0 spiro atoms. The number of ether oxygens (including phenoxy) is 2. The fraction of sp³-hybridized carbons (Fsp3) is 0.200. The van der Waals surface area contributed by atoms with Crippen molar-refractivity contribution in [3.63, 3.8) is 0 Å². The highest BCUT2D eigenvalue weighted by atomic mass is 32.2. The number of non-ortho nitro benzene ring substituents is 1. The van der Waals surface area contributed by atoms with Gasteiger partial charge in [-0.2, -0.15) is 0 Å². The van der Waals surface area contributed by atoms with Crippen LogP contribution < -0.4 is 9.47 Å². The second kappa shape index (κ2) is 9.06. The number of hydrogen-bond donors (Lipinski definition) is 0. The van der Waals surface area contributed by atoms with Gasteiger partial charge in [0.05, 0.1) is 9.83 Å². The molecule has 1 aliphatic heterocycles. The van der Waals surface area contributed by atoms with Gasteiger partial charge in [-0.3, -0.25) is 19.8 Å². The molecule has 150 valence electrons. The molecule has 2 aromatic carbocycles. The fourth-order valence-electron chi connectivity index (χ4n) is 2.60. The molecule has 0 aromatic heterocycles. The highest BCUT2D eigenvalue weighted by molar-refractivity contribution is 8.26. The first-order valence-corrected chi connectivity index (χ1v) is 9.90. The third-order valence-electron chi connectivity index (χ3n) is 4.17. The number of amides is 1. The van der Waals surface area contributed by atoms with Gasteiger partial charge >= 0.3 is 0 Å². The summed E-state index contributed by atoms with van der Waals surface area (Å²) in [7, 11) is 1.59. The quantitative estimate of drug-likeness (QED) is 0.214. The zero-order valence-electron chi connectivity index (χ0n) is 15.8. The lowest BCUT2D eigenvalue weighted by Gasteiger charge is -2.12. The summed E-state index contributed by atoms with van der Waals surface area (Å²) in [5.74, 6) is 0.942. The van der Waals surface area contributed by atoms with Crippen molar-refractivity contribution in [3.05, 3.63) is 68.6 Å². The third-order valence-corrected chi connectivity index (χ3v) is 5.65. The number of rotatable bonds is 7. The number of nitrogens with zero attached hydrogens (tertiary/aromatic N) is 2. The van der Waals surface area contributed by atoms with Crippen LogP contribution in [0.5, 0.6) is 11.5 Å². The van der Waals surface area contributed by atoms with Gasteiger partial charge in [0, 0.05) is 24.7 Å². The molecule has 7 nitrogen and oxygen atoms in total. The standard InChI is InChI=1S/C20H18N2O5S2/c1-13-5-3-4-6-16(13)26-9-10-27-17-8-7-15(22(24)25)11-14(17)12-18-19(23)21(2)20(28)29-18/h3-8,11-12H,9-10H2,1-2H3. The van der Waals surface area contributed by atoms with Crippen molar-refractivity contribution in [3.8, 4) is 11.5 Å². The Hall–Kier alpha value is -2.91. The lowest BCUT2D eigenvalue weighted by Crippen LogP contribution is -2.22. The van der Waals surface area contributed by atoms with Crippen LogP contribution in [0, 0.1) is 17.0 Å². The number of benzene rings is 2. The smallest absolute Gasteiger partial charge is 0.270 e. The van der Waals surface area contributed by atoms with Crippen LogP contribution in [0.4, 0.5) is 5.69 Å². The highest BCUT2D eigenvalue weighted by Gasteiger charge is 2.29. The van der Waals surface area contributed by atoms with E-state index in [1.165, 1.54) is 23.1 Å². The molecule has 0 aliphatic carbocycles. The molecule has 0 radical (unpaired) electrons. The SMILES string of the molecule is Cc1ccccc1OCCOc1ccc([N+](=O)[O-])cc1C=C1SC(=S)N(C)C1=O. The number of aryl methyl sites for hydroxylation is 1. The van der Waals surface area contributed by atoms with Crippen LogP contribution in [0.25, 0.3) is 6.08 Å². The Morgan fingerprint density at radius 2 is 1.86 bits per heavy atom. The van der Waals surface area contributed by atoms with E-state index in [1.807, 2.05) is 31.2 Å². The molecule has 0 bridgehead atoms. The van der Waals surface area contributed by atoms with E-state index < -0.39 is 4.92 Å². The molecule has 2 aromatic rings. The number of nitro benzene ring substituents is 1. The molecule has 1 amide bonds. The summed E-state index contributed by atoms with van der Waals surface area (Å²) in [6, 6.07) is 11.9. The first kappa shape index (κ1) is 20.8. The van der Waals surface area contributed by atoms with Gasteiger partial charge in [0.25, 0.3) is 11.6 Å². The molecule has 1 heterocycles. The summed E-state index contributed by atoms with van der Waals surface area (Å²) in [6.45, 7) is 2.49. The predicted octanol–water partition coefficient (Wildman–Crippen LogP) is 4.19. The normalized spacial score (nSPS) is 15.1. The minimum atomic E-state index is -0.493. The number of carbonyl (C=O) groups excluding carboxylic acids is 1. The number of likely N-dealkylation sites (N-methyl/N-ethyl adjacent to an activating group) is 1. The summed E-state index contributed by atoms with van der Waals surface area (Å²) in [6.07, 6.45) is 1.56. The molecule has 1 aliphatic rings. The summed E-state index contributed by atoms with van der Waals surface area (Å²) >= 11 is 6.27. The monoisotopic (exact) mass is 430 g/mol. The zero-order valence-corrected chi connectivity index (χ0v) is 17.4. The summed E-state index contributed by atoms with van der Waals surface area (Å²) in [4.78, 5) is 24.7. The number of para-hydroxylation sites is 1. The van der Waals surface area contributed by atoms with Gasteiger partial charge < -0.3 is 9.47 Å². The lowest BCUT2D eigenvalue weighted by molar-refractivity contribution is -0.384. The number of hydrogen-bond acceptors (Lipinski definition) is 7. The van der Waals surface area contributed by atoms with Gasteiger partial charge in [-0.15, -0.1) is 0 Å². The van der Waals surface area contributed by atoms with Crippen molar-refractivity contribution in [2.45, 2.75) is 6.92 Å². The number of thioether (sulfide) groups is 1. The third kappa shape index (κ3) is 4.93. The van der Waals surface area contributed by atoms with Crippen LogP contribution in [0.15, 0.2) is 47.4 Å². The van der Waals surface area contributed by atoms with Crippen molar-refractivity contribution in [2.24, 2.45) is 0 Å². The van der Waals surface area contributed by atoms with Crippen LogP contribution in [0.2, 0.25) is 0 Å². The van der Waals surface area contributed by atoms with Gasteiger partial charge in [-0.05, 0) is 30.7 Å². The molecule has 3 rings (SSSR count). The van der Waals surface area contributed by atoms with E-state index in [9.17, 15) is 14.9 Å². The molecule has 0 N–H and O–H groups in total. The van der Waals surface area contributed by atoms with E-state index in [0.29, 0.717) is 27.1 Å². The van der Waals surface area contributed by atoms with Crippen LogP contribution in [-0.2, 0) is 4.79 Å². The Balaban J connectivity index is 1.76. The van der Waals surface area contributed by atoms with Crippen molar-refractivity contribution in [1.82, 2.24) is 4.90 Å². The maximum Gasteiger partial charge on any atom is 0.270 e. The first-order valence-electron chi connectivity index (χ1n) is 8.68. The molecule has 1 saturated heterocycles. The molecule has 1 fully saturated rings. The predicted molar refractivity (Wildman–Crippen MR) is 116 cm³/mol. The Morgan fingerprint density at radius 1 is 1.17 bits per heavy atom. The largest absolute Gasteiger partial charge is 0.490 e. The fourth-order valence-corrected chi connectivity index (χ4v) is 3.77. The Bertz CT molecular complexity index is 1010. The van der Waals surface area contributed by atoms with Gasteiger partial charge in [0.15, 0.2) is 0 Å². The van der Waals surface area contributed by atoms with Crippen molar-refractivity contribution in [2.75, 3.05) is 20.3 Å². The second-order valence-corrected chi connectivity index (χ2v) is 7.86.